The highest BCUT2D eigenvalue weighted by molar-refractivity contribution is 5.69. The number of hydrogen-bond donors (Lipinski definition) is 0. The van der Waals surface area contributed by atoms with Crippen molar-refractivity contribution in [2.24, 2.45) is 11.8 Å². The molecule has 2 nitrogen and oxygen atoms in total. The van der Waals surface area contributed by atoms with E-state index in [-0.39, 0.29) is 12.6 Å². The second-order valence-electron chi connectivity index (χ2n) is 3.91. The van der Waals surface area contributed by atoms with Gasteiger partial charge in [0.25, 0.3) is 0 Å². The maximum atomic E-state index is 12.2. The van der Waals surface area contributed by atoms with E-state index in [0.29, 0.717) is 12.5 Å². The van der Waals surface area contributed by atoms with Crippen LogP contribution in [-0.4, -0.2) is 25.9 Å². The first-order chi connectivity index (χ1) is 6.72. The van der Waals surface area contributed by atoms with Crippen molar-refractivity contribution in [2.45, 2.75) is 25.7 Å². The Hall–Kier alpha value is -0.510. The fourth-order valence-electron chi connectivity index (χ4n) is 1.86. The van der Waals surface area contributed by atoms with Gasteiger partial charge in [-0.15, -0.1) is 0 Å². The highest BCUT2D eigenvalue weighted by atomic mass is 19.1. The largest absolute Gasteiger partial charge is 0.370 e. The van der Waals surface area contributed by atoms with Gasteiger partial charge in [0.2, 0.25) is 0 Å². The third-order valence-electron chi connectivity index (χ3n) is 2.75. The van der Waals surface area contributed by atoms with Gasteiger partial charge in [0, 0.05) is 0 Å². The minimum absolute atomic E-state index is 0.203. The van der Waals surface area contributed by atoms with Crippen LogP contribution in [0.1, 0.15) is 25.7 Å². The number of ether oxygens (including phenoxy) is 1. The smallest absolute Gasteiger partial charge is 0.326 e. The van der Waals surface area contributed by atoms with Crippen LogP contribution in [0.5, 0.6) is 0 Å². The summed E-state index contributed by atoms with van der Waals surface area (Å²) in [7, 11) is 0. The lowest BCUT2D eigenvalue weighted by Crippen LogP contribution is -2.20. The molecular weight excluding hydrogens is 190 g/mol. The topological polar surface area (TPSA) is 26.3 Å². The van der Waals surface area contributed by atoms with Crippen LogP contribution in [0.15, 0.2) is 0 Å². The number of hydrogen-bond acceptors (Lipinski definition) is 2. The fraction of sp³-hybridized carbons (Fsp3) is 0.900. The van der Waals surface area contributed by atoms with Gasteiger partial charge in [0.05, 0.1) is 13.3 Å². The van der Waals surface area contributed by atoms with Crippen LogP contribution >= 0.6 is 0 Å². The quantitative estimate of drug-likeness (QED) is 0.645. The van der Waals surface area contributed by atoms with E-state index in [1.807, 2.05) is 0 Å². The van der Waals surface area contributed by atoms with Gasteiger partial charge in [0.1, 0.15) is 6.61 Å². The van der Waals surface area contributed by atoms with Crippen LogP contribution in [0.25, 0.3) is 0 Å². The molecule has 0 aliphatic heterocycles. The van der Waals surface area contributed by atoms with Crippen molar-refractivity contribution in [1.82, 2.24) is 0 Å². The van der Waals surface area contributed by atoms with Crippen molar-refractivity contribution in [3.8, 4) is 0 Å². The first kappa shape index (κ1) is 11.6. The Labute approximate surface area is 82.6 Å². The van der Waals surface area contributed by atoms with Crippen LogP contribution < -0.4 is 0 Å². The molecule has 0 aromatic rings. The van der Waals surface area contributed by atoms with Crippen LogP contribution in [-0.2, 0) is 9.53 Å². The van der Waals surface area contributed by atoms with Crippen LogP contribution in [0.2, 0.25) is 0 Å². The lowest BCUT2D eigenvalue weighted by molar-refractivity contribution is -0.134. The third kappa shape index (κ3) is 4.13. The summed E-state index contributed by atoms with van der Waals surface area (Å²) in [6.45, 7) is -0.256. The summed E-state index contributed by atoms with van der Waals surface area (Å²) in [6, 6.07) is -1.43. The van der Waals surface area contributed by atoms with Crippen LogP contribution in [0, 0.1) is 11.8 Å². The predicted molar refractivity (Wildman–Crippen MR) is 48.4 cm³/mol. The fourth-order valence-corrected chi connectivity index (χ4v) is 1.86. The monoisotopic (exact) mass is 206 g/mol. The van der Waals surface area contributed by atoms with Crippen molar-refractivity contribution in [3.05, 3.63) is 0 Å². The standard InChI is InChI=1S/C10H16F2O2/c11-5-8-1-3-9(4-2-8)6-14-7-10(12)13/h8-9H,1-7H2. The van der Waals surface area contributed by atoms with Crippen molar-refractivity contribution < 1.29 is 18.3 Å². The molecule has 0 N–H and O–H groups in total. The van der Waals surface area contributed by atoms with E-state index >= 15 is 0 Å². The molecule has 82 valence electrons. The van der Waals surface area contributed by atoms with Crippen molar-refractivity contribution in [2.75, 3.05) is 19.9 Å². The molecule has 0 saturated heterocycles. The van der Waals surface area contributed by atoms with Crippen molar-refractivity contribution in [1.29, 1.82) is 0 Å². The van der Waals surface area contributed by atoms with Crippen molar-refractivity contribution >= 4 is 6.04 Å². The molecule has 1 fully saturated rings. The normalized spacial score (nSPS) is 27.6. The van der Waals surface area contributed by atoms with E-state index in [4.69, 9.17) is 4.74 Å². The van der Waals surface area contributed by atoms with Gasteiger partial charge in [-0.2, -0.15) is 4.39 Å². The molecule has 0 bridgehead atoms. The summed E-state index contributed by atoms with van der Waals surface area (Å²) in [5, 5.41) is 0. The second kappa shape index (κ2) is 6.06. The number of carbonyl (C=O) groups excluding carboxylic acids is 1. The average Bonchev–Trinajstić information content (AvgIpc) is 2.18. The first-order valence-corrected chi connectivity index (χ1v) is 5.04. The molecule has 0 atom stereocenters. The van der Waals surface area contributed by atoms with E-state index < -0.39 is 12.6 Å². The maximum absolute atomic E-state index is 12.2. The third-order valence-corrected chi connectivity index (χ3v) is 2.75. The molecule has 0 aromatic heterocycles. The highest BCUT2D eigenvalue weighted by Crippen LogP contribution is 2.28. The average molecular weight is 206 g/mol. The zero-order chi connectivity index (χ0) is 10.4. The zero-order valence-electron chi connectivity index (χ0n) is 8.18. The molecule has 0 spiro atoms. The number of carbonyl (C=O) groups is 1. The summed E-state index contributed by atoms with van der Waals surface area (Å²) < 4.78 is 28.9. The highest BCUT2D eigenvalue weighted by Gasteiger charge is 2.21. The zero-order valence-corrected chi connectivity index (χ0v) is 8.18. The molecule has 0 unspecified atom stereocenters. The minimum Gasteiger partial charge on any atom is -0.370 e. The van der Waals surface area contributed by atoms with Gasteiger partial charge in [-0.1, -0.05) is 0 Å². The van der Waals surface area contributed by atoms with E-state index in [9.17, 15) is 13.6 Å². The number of alkyl halides is 1. The summed E-state index contributed by atoms with van der Waals surface area (Å²) in [4.78, 5) is 9.94. The SMILES string of the molecule is O=C(F)COCC1CCC(CF)CC1. The molecule has 1 rings (SSSR count). The number of rotatable bonds is 5. The van der Waals surface area contributed by atoms with E-state index in [2.05, 4.69) is 0 Å². The summed E-state index contributed by atoms with van der Waals surface area (Å²) >= 11 is 0. The second-order valence-corrected chi connectivity index (χ2v) is 3.91. The maximum Gasteiger partial charge on any atom is 0.326 e. The van der Waals surface area contributed by atoms with E-state index in [1.165, 1.54) is 0 Å². The Bertz CT molecular complexity index is 177. The Balaban J connectivity index is 2.07. The summed E-state index contributed by atoms with van der Waals surface area (Å²) in [5.74, 6) is 0.575. The Morgan fingerprint density at radius 3 is 2.29 bits per heavy atom. The van der Waals surface area contributed by atoms with Crippen molar-refractivity contribution in [3.63, 3.8) is 0 Å². The van der Waals surface area contributed by atoms with Gasteiger partial charge in [-0.05, 0) is 37.5 Å². The molecule has 0 amide bonds. The molecule has 4 heteroatoms. The Morgan fingerprint density at radius 1 is 1.21 bits per heavy atom. The Kier molecular flexibility index (Phi) is 5.01. The van der Waals surface area contributed by atoms with E-state index in [1.54, 1.807) is 0 Å². The minimum atomic E-state index is -1.43. The van der Waals surface area contributed by atoms with Gasteiger partial charge >= 0.3 is 6.04 Å². The van der Waals surface area contributed by atoms with Gasteiger partial charge in [0.15, 0.2) is 0 Å². The summed E-state index contributed by atoms with van der Waals surface area (Å²) in [5.41, 5.74) is 0. The van der Waals surface area contributed by atoms with Gasteiger partial charge in [-0.3, -0.25) is 9.18 Å². The van der Waals surface area contributed by atoms with E-state index in [0.717, 1.165) is 25.7 Å². The molecule has 0 radical (unpaired) electrons. The lowest BCUT2D eigenvalue weighted by atomic mass is 9.83. The Morgan fingerprint density at radius 2 is 1.79 bits per heavy atom. The van der Waals surface area contributed by atoms with Gasteiger partial charge in [-0.25, -0.2) is 0 Å². The molecule has 1 aliphatic rings. The van der Waals surface area contributed by atoms with Gasteiger partial charge < -0.3 is 4.74 Å². The van der Waals surface area contributed by atoms with Crippen LogP contribution in [0.3, 0.4) is 0 Å². The predicted octanol–water partition coefficient (Wildman–Crippen LogP) is 2.28. The molecular formula is C10H16F2O2. The first-order valence-electron chi connectivity index (χ1n) is 5.04. The molecule has 1 saturated carbocycles. The molecule has 0 aromatic carbocycles. The molecule has 14 heavy (non-hydrogen) atoms. The summed E-state index contributed by atoms with van der Waals surface area (Å²) in [6.07, 6.45) is 3.62. The number of halogens is 2. The lowest BCUT2D eigenvalue weighted by Gasteiger charge is -2.26. The van der Waals surface area contributed by atoms with Crippen LogP contribution in [0.4, 0.5) is 8.78 Å². The molecule has 0 heterocycles. The molecule has 1 aliphatic carbocycles.